The molecule has 0 aliphatic heterocycles. The Morgan fingerprint density at radius 2 is 2.03 bits per heavy atom. The average molecular weight is 625 g/mol. The standard InChI is InChI=1S/C11H14NO.C10H14N2O3.U/c1-12-10-7-3-6-9(11(10)13)8-4-2-5-8;1-2-15-6-5-12-7-8(10(11)14)3-4-9(12)13;/h3,6-8,13H,2,4-5H2,1H3;3-4,7H,2,5-6H2,1H3,(H2,11,14);/q-1;;. The van der Waals surface area contributed by atoms with Crippen molar-refractivity contribution in [3.8, 4) is 5.75 Å². The number of carbonyl (C=O) groups is 1. The van der Waals surface area contributed by atoms with Crippen LogP contribution in [0.5, 0.6) is 5.75 Å². The average Bonchev–Trinajstić information content (AvgIpc) is 2.64. The molecule has 0 radical (unpaired) electrons. The van der Waals surface area contributed by atoms with Crippen molar-refractivity contribution in [1.29, 1.82) is 0 Å². The number of nitrogens with two attached hydrogens (primary N) is 1. The van der Waals surface area contributed by atoms with Gasteiger partial charge in [-0.1, -0.05) is 30.3 Å². The van der Waals surface area contributed by atoms with E-state index in [1.54, 1.807) is 7.05 Å². The summed E-state index contributed by atoms with van der Waals surface area (Å²) in [5.41, 5.74) is 7.05. The van der Waals surface area contributed by atoms with Crippen molar-refractivity contribution < 1.29 is 45.8 Å². The third-order valence-corrected chi connectivity index (χ3v) is 4.78. The molecule has 1 fully saturated rings. The zero-order valence-corrected chi connectivity index (χ0v) is 21.1. The summed E-state index contributed by atoms with van der Waals surface area (Å²) in [6.07, 6.45) is 5.16. The van der Waals surface area contributed by atoms with E-state index in [9.17, 15) is 14.7 Å². The van der Waals surface area contributed by atoms with E-state index in [-0.39, 0.29) is 36.7 Å². The minimum absolute atomic E-state index is 0. The van der Waals surface area contributed by atoms with Crippen LogP contribution in [0.25, 0.3) is 5.32 Å². The van der Waals surface area contributed by atoms with Gasteiger partial charge in [-0.15, -0.1) is 7.05 Å². The summed E-state index contributed by atoms with van der Waals surface area (Å²) in [4.78, 5) is 22.2. The maximum Gasteiger partial charge on any atom is 0.250 e. The molecule has 0 atom stereocenters. The molecule has 0 spiro atoms. The molecule has 3 rings (SSSR count). The number of primary amides is 1. The van der Waals surface area contributed by atoms with E-state index < -0.39 is 5.91 Å². The maximum atomic E-state index is 11.3. The molecule has 0 bridgehead atoms. The van der Waals surface area contributed by atoms with E-state index in [4.69, 9.17) is 10.5 Å². The van der Waals surface area contributed by atoms with Gasteiger partial charge in [0.25, 0.3) is 5.56 Å². The molecular formula is C21H28N3O4U-. The van der Waals surface area contributed by atoms with E-state index >= 15 is 0 Å². The Morgan fingerprint density at radius 1 is 1.31 bits per heavy atom. The molecule has 1 aliphatic carbocycles. The monoisotopic (exact) mass is 624 g/mol. The van der Waals surface area contributed by atoms with Gasteiger partial charge in [-0.05, 0) is 37.3 Å². The van der Waals surface area contributed by atoms with Gasteiger partial charge < -0.3 is 25.5 Å². The van der Waals surface area contributed by atoms with E-state index in [0.717, 1.165) is 5.56 Å². The van der Waals surface area contributed by atoms with Crippen LogP contribution in [0.3, 0.4) is 0 Å². The number of hydrogen-bond acceptors (Lipinski definition) is 4. The van der Waals surface area contributed by atoms with Crippen LogP contribution in [-0.4, -0.2) is 35.8 Å². The van der Waals surface area contributed by atoms with Crippen LogP contribution in [0.2, 0.25) is 0 Å². The van der Waals surface area contributed by atoms with Crippen molar-refractivity contribution in [2.45, 2.75) is 38.6 Å². The van der Waals surface area contributed by atoms with Gasteiger partial charge in [-0.2, -0.15) is 0 Å². The Balaban J connectivity index is 0.000000282. The molecule has 1 heterocycles. The van der Waals surface area contributed by atoms with Gasteiger partial charge in [0.1, 0.15) is 5.75 Å². The van der Waals surface area contributed by atoms with Crippen molar-refractivity contribution >= 4 is 11.6 Å². The Hall–Kier alpha value is -1.75. The fourth-order valence-electron chi connectivity index (χ4n) is 2.94. The first-order valence-electron chi connectivity index (χ1n) is 9.47. The summed E-state index contributed by atoms with van der Waals surface area (Å²) in [6, 6.07) is 8.56. The van der Waals surface area contributed by atoms with Crippen molar-refractivity contribution in [2.75, 3.05) is 20.3 Å². The summed E-state index contributed by atoms with van der Waals surface area (Å²) in [7, 11) is 1.71. The smallest absolute Gasteiger partial charge is 0.250 e. The predicted octanol–water partition coefficient (Wildman–Crippen LogP) is 3.28. The quantitative estimate of drug-likeness (QED) is 0.461. The number of aromatic hydroxyl groups is 1. The van der Waals surface area contributed by atoms with Crippen molar-refractivity contribution in [3.63, 3.8) is 0 Å². The Labute approximate surface area is 195 Å². The molecule has 0 saturated heterocycles. The molecular weight excluding hydrogens is 596 g/mol. The van der Waals surface area contributed by atoms with E-state index in [1.807, 2.05) is 25.1 Å². The number of phenolic OH excluding ortho intramolecular Hbond substituents is 1. The predicted molar refractivity (Wildman–Crippen MR) is 109 cm³/mol. The Bertz CT molecular complexity index is 850. The minimum atomic E-state index is -0.542. The number of phenols is 1. The molecule has 3 N–H and O–H groups in total. The summed E-state index contributed by atoms with van der Waals surface area (Å²) < 4.78 is 6.53. The third kappa shape index (κ3) is 7.22. The third-order valence-electron chi connectivity index (χ3n) is 4.78. The van der Waals surface area contributed by atoms with Crippen LogP contribution in [0, 0.1) is 31.1 Å². The number of amides is 1. The van der Waals surface area contributed by atoms with Crippen molar-refractivity contribution in [1.82, 2.24) is 4.57 Å². The normalized spacial score (nSPS) is 12.8. The van der Waals surface area contributed by atoms with Crippen LogP contribution in [-0.2, 0) is 11.3 Å². The number of benzene rings is 1. The molecule has 156 valence electrons. The molecule has 8 heteroatoms. The SMILES string of the molecule is CCOCCn1cc(C(N)=O)ccc1=O.C[N-]c1cccc(C2CCC2)c1O.[U]. The first-order chi connectivity index (χ1) is 13.5. The first kappa shape index (κ1) is 25.3. The number of hydrogen-bond donors (Lipinski definition) is 2. The van der Waals surface area contributed by atoms with E-state index in [1.165, 1.54) is 42.2 Å². The molecule has 0 unspecified atom stereocenters. The van der Waals surface area contributed by atoms with Crippen LogP contribution in [0.15, 0.2) is 41.3 Å². The zero-order chi connectivity index (χ0) is 20.5. The van der Waals surface area contributed by atoms with Crippen LogP contribution in [0.4, 0.5) is 5.69 Å². The first-order valence-corrected chi connectivity index (χ1v) is 9.47. The molecule has 7 nitrogen and oxygen atoms in total. The minimum Gasteiger partial charge on any atom is -0.684 e. The van der Waals surface area contributed by atoms with E-state index in [0.29, 0.717) is 42.7 Å². The molecule has 1 saturated carbocycles. The number of nitrogens with zero attached hydrogens (tertiary/aromatic N) is 2. The molecule has 2 aromatic rings. The second kappa shape index (κ2) is 12.7. The molecule has 1 amide bonds. The van der Waals surface area contributed by atoms with Gasteiger partial charge in [-0.25, -0.2) is 0 Å². The van der Waals surface area contributed by atoms with Crippen LogP contribution in [0.1, 0.15) is 48.0 Å². The Kier molecular flexibility index (Phi) is 11.1. The molecule has 1 aliphatic rings. The van der Waals surface area contributed by atoms with Crippen molar-refractivity contribution in [2.24, 2.45) is 5.73 Å². The van der Waals surface area contributed by atoms with Crippen molar-refractivity contribution in [3.05, 3.63) is 63.3 Å². The number of aromatic nitrogens is 1. The number of para-hydroxylation sites is 1. The van der Waals surface area contributed by atoms with Gasteiger partial charge in [-0.3, -0.25) is 9.59 Å². The summed E-state index contributed by atoms with van der Waals surface area (Å²) in [5, 5.41) is 13.9. The second-order valence-corrected chi connectivity index (χ2v) is 6.58. The largest absolute Gasteiger partial charge is 0.684 e. The van der Waals surface area contributed by atoms with Gasteiger partial charge >= 0.3 is 0 Å². The Morgan fingerprint density at radius 3 is 2.59 bits per heavy atom. The zero-order valence-electron chi connectivity index (χ0n) is 16.9. The molecule has 29 heavy (non-hydrogen) atoms. The number of pyridine rings is 1. The summed E-state index contributed by atoms with van der Waals surface area (Å²) in [5.74, 6) is 0.413. The fourth-order valence-corrected chi connectivity index (χ4v) is 2.94. The summed E-state index contributed by atoms with van der Waals surface area (Å²) >= 11 is 0. The number of carbonyl (C=O) groups excluding carboxylic acids is 1. The maximum absolute atomic E-state index is 11.3. The second-order valence-electron chi connectivity index (χ2n) is 6.58. The van der Waals surface area contributed by atoms with Crippen LogP contribution >= 0.6 is 0 Å². The van der Waals surface area contributed by atoms with Gasteiger partial charge in [0.2, 0.25) is 5.91 Å². The number of ether oxygens (including phenoxy) is 1. The molecule has 1 aromatic heterocycles. The fraction of sp³-hybridized carbons (Fsp3) is 0.429. The van der Waals surface area contributed by atoms with E-state index in [2.05, 4.69) is 5.32 Å². The molecule has 1 aromatic carbocycles. The number of rotatable bonds is 7. The topological polar surface area (TPSA) is 109 Å². The summed E-state index contributed by atoms with van der Waals surface area (Å²) in [6.45, 7) is 3.35. The van der Waals surface area contributed by atoms with Gasteiger partial charge in [0.05, 0.1) is 12.2 Å². The van der Waals surface area contributed by atoms with Gasteiger partial charge in [0.15, 0.2) is 0 Å². The van der Waals surface area contributed by atoms with Gasteiger partial charge in [0, 0.05) is 56.5 Å². The van der Waals surface area contributed by atoms with Crippen LogP contribution < -0.4 is 11.3 Å².